The van der Waals surface area contributed by atoms with Crippen molar-refractivity contribution < 1.29 is 22.7 Å². The van der Waals surface area contributed by atoms with Crippen LogP contribution >= 0.6 is 0 Å². The number of rotatable bonds is 3. The zero-order valence-electron chi connectivity index (χ0n) is 10.4. The molecule has 0 saturated carbocycles. The minimum Gasteiger partial charge on any atom is -0.772 e. The third-order valence-electron chi connectivity index (χ3n) is 2.83. The number of ketones is 1. The maximum Gasteiger partial charge on any atom is 0.202 e. The topological polar surface area (TPSA) is 66.4 Å². The largest absolute Gasteiger partial charge is 0.772 e. The molecule has 1 atom stereocenters. The number of ether oxygens (including phenoxy) is 1. The van der Waals surface area contributed by atoms with E-state index >= 15 is 0 Å². The molecule has 0 N–H and O–H groups in total. The van der Waals surface area contributed by atoms with Crippen molar-refractivity contribution in [2.75, 3.05) is 0 Å². The summed E-state index contributed by atoms with van der Waals surface area (Å²) >= 11 is -2.34. The van der Waals surface area contributed by atoms with E-state index in [2.05, 4.69) is 0 Å². The first-order valence-corrected chi connectivity index (χ1v) is 6.84. The van der Waals surface area contributed by atoms with Gasteiger partial charge in [0.15, 0.2) is 5.60 Å². The second-order valence-corrected chi connectivity index (χ2v) is 5.64. The van der Waals surface area contributed by atoms with E-state index in [-0.39, 0.29) is 17.1 Å². The number of hydrogen-bond donors (Lipinski definition) is 0. The molecule has 1 aliphatic rings. The maximum absolute atomic E-state index is 13.7. The number of halogens is 1. The molecule has 1 aromatic rings. The van der Waals surface area contributed by atoms with Gasteiger partial charge in [-0.15, -0.1) is 0 Å². The average molecular weight is 283 g/mol. The molecule has 0 bridgehead atoms. The van der Waals surface area contributed by atoms with Gasteiger partial charge in [-0.25, -0.2) is 4.39 Å². The van der Waals surface area contributed by atoms with Gasteiger partial charge >= 0.3 is 0 Å². The minimum absolute atomic E-state index is 0.0845. The molecule has 1 aliphatic heterocycles. The molecule has 0 aliphatic carbocycles. The van der Waals surface area contributed by atoms with E-state index < -0.39 is 22.5 Å². The summed E-state index contributed by atoms with van der Waals surface area (Å²) in [5.41, 5.74) is -0.445. The zero-order valence-corrected chi connectivity index (χ0v) is 11.3. The van der Waals surface area contributed by atoms with Crippen LogP contribution in [0.25, 0.3) is 5.76 Å². The highest BCUT2D eigenvalue weighted by Gasteiger charge is 2.35. The van der Waals surface area contributed by atoms with Gasteiger partial charge < -0.3 is 9.29 Å². The number of hydrogen-bond acceptors (Lipinski definition) is 4. The lowest BCUT2D eigenvalue weighted by molar-refractivity contribution is -0.125. The van der Waals surface area contributed by atoms with Crippen molar-refractivity contribution in [3.63, 3.8) is 0 Å². The Hall–Kier alpha value is -1.53. The van der Waals surface area contributed by atoms with E-state index in [9.17, 15) is 17.9 Å². The molecule has 0 amide bonds. The number of benzene rings is 1. The van der Waals surface area contributed by atoms with Gasteiger partial charge in [0.1, 0.15) is 11.6 Å². The van der Waals surface area contributed by atoms with Crippen molar-refractivity contribution in [1.29, 1.82) is 0 Å². The first kappa shape index (κ1) is 13.9. The molecule has 1 heterocycles. The van der Waals surface area contributed by atoms with Crippen LogP contribution in [0.5, 0.6) is 0 Å². The first-order chi connectivity index (χ1) is 8.79. The second-order valence-electron chi connectivity index (χ2n) is 4.74. The number of carbonyl (C=O) groups is 1. The minimum atomic E-state index is -2.34. The Kier molecular flexibility index (Phi) is 3.56. The summed E-state index contributed by atoms with van der Waals surface area (Å²) in [7, 11) is 0. The monoisotopic (exact) mass is 283 g/mol. The Labute approximate surface area is 112 Å². The highest BCUT2D eigenvalue weighted by Crippen LogP contribution is 2.31. The van der Waals surface area contributed by atoms with Gasteiger partial charge in [0.25, 0.3) is 0 Å². The predicted molar refractivity (Wildman–Crippen MR) is 67.2 cm³/mol. The smallest absolute Gasteiger partial charge is 0.202 e. The first-order valence-electron chi connectivity index (χ1n) is 5.59. The molecular formula is C13H12FO4S-. The van der Waals surface area contributed by atoms with Crippen molar-refractivity contribution in [1.82, 2.24) is 0 Å². The SMILES string of the molecule is CC1(C)OC(c2ccc(CS(=O)[O-])c(F)c2)=CC1=O. The van der Waals surface area contributed by atoms with Gasteiger partial charge in [-0.2, -0.15) is 0 Å². The van der Waals surface area contributed by atoms with Crippen LogP contribution in [0.15, 0.2) is 24.3 Å². The van der Waals surface area contributed by atoms with Crippen LogP contribution in [0.3, 0.4) is 0 Å². The fourth-order valence-electron chi connectivity index (χ4n) is 1.73. The molecule has 0 saturated heterocycles. The van der Waals surface area contributed by atoms with Crippen LogP contribution in [-0.2, 0) is 26.4 Å². The van der Waals surface area contributed by atoms with Crippen LogP contribution in [0.1, 0.15) is 25.0 Å². The normalized spacial score (nSPS) is 18.9. The Bertz CT molecular complexity index is 592. The third kappa shape index (κ3) is 2.90. The van der Waals surface area contributed by atoms with Crippen molar-refractivity contribution >= 4 is 22.6 Å². The van der Waals surface area contributed by atoms with Gasteiger partial charge in [-0.1, -0.05) is 23.2 Å². The summed E-state index contributed by atoms with van der Waals surface area (Å²) in [6, 6.07) is 4.08. The van der Waals surface area contributed by atoms with E-state index in [0.717, 1.165) is 0 Å². The zero-order chi connectivity index (χ0) is 14.2. The fraction of sp³-hybridized carbons (Fsp3) is 0.308. The summed E-state index contributed by atoms with van der Waals surface area (Å²) in [5.74, 6) is -0.907. The van der Waals surface area contributed by atoms with E-state index in [0.29, 0.717) is 11.3 Å². The standard InChI is InChI=1S/C13H13FO4S/c1-13(2)12(15)6-11(18-13)8-3-4-9(7-19(16)17)10(14)5-8/h3-6H,7H2,1-2H3,(H,16,17)/p-1. The number of carbonyl (C=O) groups excluding carboxylic acids is 1. The molecule has 19 heavy (non-hydrogen) atoms. The van der Waals surface area contributed by atoms with Crippen LogP contribution in [0, 0.1) is 5.82 Å². The lowest BCUT2D eigenvalue weighted by atomic mass is 10.1. The lowest BCUT2D eigenvalue weighted by Gasteiger charge is -2.18. The van der Waals surface area contributed by atoms with E-state index in [1.54, 1.807) is 13.8 Å². The van der Waals surface area contributed by atoms with Crippen molar-refractivity contribution in [2.24, 2.45) is 0 Å². The van der Waals surface area contributed by atoms with E-state index in [1.165, 1.54) is 24.3 Å². The van der Waals surface area contributed by atoms with Gasteiger partial charge in [0.2, 0.25) is 5.78 Å². The second kappa shape index (κ2) is 4.86. The predicted octanol–water partition coefficient (Wildman–Crippen LogP) is 1.92. The van der Waals surface area contributed by atoms with Crippen LogP contribution < -0.4 is 0 Å². The van der Waals surface area contributed by atoms with Crippen LogP contribution in [0.2, 0.25) is 0 Å². The molecule has 4 nitrogen and oxygen atoms in total. The molecule has 0 radical (unpaired) electrons. The Morgan fingerprint density at radius 2 is 2.11 bits per heavy atom. The Morgan fingerprint density at radius 3 is 2.58 bits per heavy atom. The molecule has 0 aromatic heterocycles. The molecule has 1 unspecified atom stereocenters. The average Bonchev–Trinajstić information content (AvgIpc) is 2.56. The summed E-state index contributed by atoms with van der Waals surface area (Å²) in [5, 5.41) is 0. The van der Waals surface area contributed by atoms with Crippen LogP contribution in [-0.4, -0.2) is 20.1 Å². The van der Waals surface area contributed by atoms with Crippen LogP contribution in [0.4, 0.5) is 4.39 Å². The maximum atomic E-state index is 13.7. The molecule has 0 spiro atoms. The molecular weight excluding hydrogens is 271 g/mol. The molecule has 102 valence electrons. The highest BCUT2D eigenvalue weighted by atomic mass is 32.2. The molecule has 0 fully saturated rings. The van der Waals surface area contributed by atoms with Gasteiger partial charge in [-0.05, 0) is 25.5 Å². The van der Waals surface area contributed by atoms with E-state index in [1.807, 2.05) is 0 Å². The molecule has 1 aromatic carbocycles. The Morgan fingerprint density at radius 1 is 1.42 bits per heavy atom. The van der Waals surface area contributed by atoms with E-state index in [4.69, 9.17) is 4.74 Å². The molecule has 2 rings (SSSR count). The Balaban J connectivity index is 2.29. The van der Waals surface area contributed by atoms with Gasteiger partial charge in [0.05, 0.1) is 0 Å². The summed E-state index contributed by atoms with van der Waals surface area (Å²) in [6.07, 6.45) is 1.32. The molecule has 6 heteroatoms. The highest BCUT2D eigenvalue weighted by molar-refractivity contribution is 7.78. The van der Waals surface area contributed by atoms with Crippen molar-refractivity contribution in [3.8, 4) is 0 Å². The fourth-order valence-corrected chi connectivity index (χ4v) is 2.22. The van der Waals surface area contributed by atoms with Crippen molar-refractivity contribution in [3.05, 3.63) is 41.2 Å². The van der Waals surface area contributed by atoms with Gasteiger partial charge in [0, 0.05) is 17.4 Å². The van der Waals surface area contributed by atoms with Crippen molar-refractivity contribution in [2.45, 2.75) is 25.2 Å². The summed E-state index contributed by atoms with van der Waals surface area (Å²) < 4.78 is 40.2. The summed E-state index contributed by atoms with van der Waals surface area (Å²) in [4.78, 5) is 11.6. The lowest BCUT2D eigenvalue weighted by Crippen LogP contribution is -2.27. The third-order valence-corrected chi connectivity index (χ3v) is 3.38. The van der Waals surface area contributed by atoms with Gasteiger partial charge in [-0.3, -0.25) is 9.00 Å². The summed E-state index contributed by atoms with van der Waals surface area (Å²) in [6.45, 7) is 3.26. The quantitative estimate of drug-likeness (QED) is 0.795.